The molecule has 1 fully saturated rings. The molecule has 0 heterocycles. The molecule has 0 radical (unpaired) electrons. The fourth-order valence-electron chi connectivity index (χ4n) is 2.48. The number of halogens is 1. The lowest BCUT2D eigenvalue weighted by Gasteiger charge is -2.25. The first kappa shape index (κ1) is 15.7. The van der Waals surface area contributed by atoms with Crippen molar-refractivity contribution in [3.05, 3.63) is 38.9 Å². The Morgan fingerprint density at radius 1 is 1.38 bits per heavy atom. The fraction of sp³-hybridized carbons (Fsp3) is 0.500. The van der Waals surface area contributed by atoms with E-state index in [2.05, 4.69) is 5.32 Å². The highest BCUT2D eigenvalue weighted by molar-refractivity contribution is 6.32. The van der Waals surface area contributed by atoms with Crippen LogP contribution in [0.1, 0.15) is 36.0 Å². The van der Waals surface area contributed by atoms with E-state index < -0.39 is 4.92 Å². The van der Waals surface area contributed by atoms with E-state index in [1.807, 2.05) is 0 Å². The third kappa shape index (κ3) is 4.15. The van der Waals surface area contributed by atoms with Gasteiger partial charge in [-0.2, -0.15) is 0 Å². The third-order valence-electron chi connectivity index (χ3n) is 3.77. The van der Waals surface area contributed by atoms with Crippen LogP contribution >= 0.6 is 11.6 Å². The van der Waals surface area contributed by atoms with Crippen molar-refractivity contribution in [3.8, 4) is 0 Å². The first-order valence-corrected chi connectivity index (χ1v) is 7.25. The van der Waals surface area contributed by atoms with E-state index in [4.69, 9.17) is 11.6 Å². The lowest BCUT2D eigenvalue weighted by molar-refractivity contribution is -0.384. The number of rotatable bonds is 4. The number of benzene rings is 1. The molecule has 0 spiro atoms. The first-order valence-electron chi connectivity index (χ1n) is 6.87. The van der Waals surface area contributed by atoms with E-state index in [0.717, 1.165) is 25.7 Å². The second-order valence-corrected chi connectivity index (χ2v) is 5.72. The standard InChI is InChI=1S/C14H17ClN2O4/c15-12-6-3-10(7-13(12)17(20)21)14(19)16-8-9-1-4-11(18)5-2-9/h3,6-7,9,11,18H,1-2,4-5,8H2,(H,16,19). The Kier molecular flexibility index (Phi) is 5.14. The third-order valence-corrected chi connectivity index (χ3v) is 4.09. The molecule has 2 N–H and O–H groups in total. The summed E-state index contributed by atoms with van der Waals surface area (Å²) in [5, 5.41) is 23.0. The van der Waals surface area contributed by atoms with Gasteiger partial charge in [0.25, 0.3) is 11.6 Å². The van der Waals surface area contributed by atoms with Crippen LogP contribution < -0.4 is 5.32 Å². The van der Waals surface area contributed by atoms with Crippen LogP contribution in [0.25, 0.3) is 0 Å². The number of nitro groups is 1. The molecule has 1 aromatic carbocycles. The lowest BCUT2D eigenvalue weighted by Crippen LogP contribution is -2.32. The zero-order chi connectivity index (χ0) is 15.4. The average molecular weight is 313 g/mol. The number of carbonyl (C=O) groups is 1. The normalized spacial score (nSPS) is 21.8. The molecule has 6 nitrogen and oxygen atoms in total. The number of carbonyl (C=O) groups excluding carboxylic acids is 1. The Labute approximate surface area is 127 Å². The summed E-state index contributed by atoms with van der Waals surface area (Å²) >= 11 is 5.71. The van der Waals surface area contributed by atoms with Crippen LogP contribution in [0.2, 0.25) is 5.02 Å². The van der Waals surface area contributed by atoms with Crippen molar-refractivity contribution in [2.75, 3.05) is 6.54 Å². The SMILES string of the molecule is O=C(NCC1CCC(O)CC1)c1ccc(Cl)c([N+](=O)[O-])c1. The Morgan fingerprint density at radius 2 is 2.05 bits per heavy atom. The monoisotopic (exact) mass is 312 g/mol. The summed E-state index contributed by atoms with van der Waals surface area (Å²) in [7, 11) is 0. The predicted molar refractivity (Wildman–Crippen MR) is 78.4 cm³/mol. The largest absolute Gasteiger partial charge is 0.393 e. The molecule has 2 rings (SSSR count). The van der Waals surface area contributed by atoms with Gasteiger partial charge in [-0.05, 0) is 43.7 Å². The van der Waals surface area contributed by atoms with Crippen LogP contribution in [-0.4, -0.2) is 28.6 Å². The molecular weight excluding hydrogens is 296 g/mol. The van der Waals surface area contributed by atoms with Crippen molar-refractivity contribution in [1.29, 1.82) is 0 Å². The van der Waals surface area contributed by atoms with Gasteiger partial charge in [0, 0.05) is 18.2 Å². The van der Waals surface area contributed by atoms with Crippen LogP contribution in [0, 0.1) is 16.0 Å². The molecule has 0 saturated heterocycles. The number of aliphatic hydroxyl groups excluding tert-OH is 1. The summed E-state index contributed by atoms with van der Waals surface area (Å²) in [4.78, 5) is 22.2. The molecule has 0 unspecified atom stereocenters. The van der Waals surface area contributed by atoms with Gasteiger partial charge in [-0.1, -0.05) is 11.6 Å². The van der Waals surface area contributed by atoms with Crippen molar-refractivity contribution < 1.29 is 14.8 Å². The first-order chi connectivity index (χ1) is 9.97. The molecule has 1 aromatic rings. The van der Waals surface area contributed by atoms with E-state index in [1.165, 1.54) is 18.2 Å². The molecule has 0 bridgehead atoms. The van der Waals surface area contributed by atoms with Crippen LogP contribution in [0.15, 0.2) is 18.2 Å². The van der Waals surface area contributed by atoms with Gasteiger partial charge < -0.3 is 10.4 Å². The van der Waals surface area contributed by atoms with Crippen molar-refractivity contribution >= 4 is 23.2 Å². The van der Waals surface area contributed by atoms with Gasteiger partial charge in [0.1, 0.15) is 5.02 Å². The van der Waals surface area contributed by atoms with E-state index in [0.29, 0.717) is 12.5 Å². The maximum atomic E-state index is 12.0. The Bertz CT molecular complexity index is 542. The molecule has 0 atom stereocenters. The van der Waals surface area contributed by atoms with Gasteiger partial charge in [-0.3, -0.25) is 14.9 Å². The molecule has 0 aromatic heterocycles. The quantitative estimate of drug-likeness (QED) is 0.660. The Balaban J connectivity index is 1.94. The summed E-state index contributed by atoms with van der Waals surface area (Å²) in [6.45, 7) is 0.516. The summed E-state index contributed by atoms with van der Waals surface area (Å²) in [6.07, 6.45) is 3.04. The summed E-state index contributed by atoms with van der Waals surface area (Å²) in [6, 6.07) is 4.00. The van der Waals surface area contributed by atoms with Gasteiger partial charge in [0.2, 0.25) is 0 Å². The van der Waals surface area contributed by atoms with Gasteiger partial charge in [0.15, 0.2) is 0 Å². The van der Waals surface area contributed by atoms with E-state index >= 15 is 0 Å². The maximum absolute atomic E-state index is 12.0. The van der Waals surface area contributed by atoms with E-state index in [1.54, 1.807) is 0 Å². The molecule has 21 heavy (non-hydrogen) atoms. The lowest BCUT2D eigenvalue weighted by atomic mass is 9.87. The Morgan fingerprint density at radius 3 is 2.67 bits per heavy atom. The second kappa shape index (κ2) is 6.87. The summed E-state index contributed by atoms with van der Waals surface area (Å²) in [5.74, 6) is 0.000486. The second-order valence-electron chi connectivity index (χ2n) is 5.31. The van der Waals surface area contributed by atoms with Crippen molar-refractivity contribution in [2.24, 2.45) is 5.92 Å². The molecule has 1 saturated carbocycles. The molecule has 114 valence electrons. The topological polar surface area (TPSA) is 92.5 Å². The van der Waals surface area contributed by atoms with Crippen molar-refractivity contribution in [3.63, 3.8) is 0 Å². The van der Waals surface area contributed by atoms with Crippen molar-refractivity contribution in [2.45, 2.75) is 31.8 Å². The molecule has 1 aliphatic rings. The number of nitrogens with one attached hydrogen (secondary N) is 1. The van der Waals surface area contributed by atoms with Gasteiger partial charge in [0.05, 0.1) is 11.0 Å². The van der Waals surface area contributed by atoms with Crippen LogP contribution in [-0.2, 0) is 0 Å². The minimum atomic E-state index is -0.609. The van der Waals surface area contributed by atoms with Crippen molar-refractivity contribution in [1.82, 2.24) is 5.32 Å². The van der Waals surface area contributed by atoms with Gasteiger partial charge >= 0.3 is 0 Å². The van der Waals surface area contributed by atoms with Gasteiger partial charge in [-0.25, -0.2) is 0 Å². The zero-order valence-corrected chi connectivity index (χ0v) is 12.2. The molecule has 7 heteroatoms. The molecule has 1 aliphatic carbocycles. The predicted octanol–water partition coefficient (Wildman–Crippen LogP) is 2.53. The number of nitrogens with zero attached hydrogens (tertiary/aromatic N) is 1. The minimum absolute atomic E-state index is 0.0119. The van der Waals surface area contributed by atoms with Crippen LogP contribution in [0.5, 0.6) is 0 Å². The van der Waals surface area contributed by atoms with E-state index in [-0.39, 0.29) is 28.3 Å². The van der Waals surface area contributed by atoms with Crippen LogP contribution in [0.4, 0.5) is 5.69 Å². The number of hydrogen-bond acceptors (Lipinski definition) is 4. The highest BCUT2D eigenvalue weighted by atomic mass is 35.5. The minimum Gasteiger partial charge on any atom is -0.393 e. The highest BCUT2D eigenvalue weighted by Gasteiger charge is 2.21. The average Bonchev–Trinajstić information content (AvgIpc) is 2.46. The van der Waals surface area contributed by atoms with E-state index in [9.17, 15) is 20.0 Å². The molecular formula is C14H17ClN2O4. The summed E-state index contributed by atoms with van der Waals surface area (Å²) in [5.41, 5.74) is -0.0490. The van der Waals surface area contributed by atoms with Gasteiger partial charge in [-0.15, -0.1) is 0 Å². The number of aliphatic hydroxyl groups is 1. The highest BCUT2D eigenvalue weighted by Crippen LogP contribution is 2.26. The Hall–Kier alpha value is -1.66. The number of hydrogen-bond donors (Lipinski definition) is 2. The number of nitro benzene ring substituents is 1. The smallest absolute Gasteiger partial charge is 0.288 e. The molecule has 1 amide bonds. The number of amides is 1. The maximum Gasteiger partial charge on any atom is 0.288 e. The molecule has 0 aliphatic heterocycles. The van der Waals surface area contributed by atoms with Crippen LogP contribution in [0.3, 0.4) is 0 Å². The summed E-state index contributed by atoms with van der Waals surface area (Å²) < 4.78 is 0. The fourth-order valence-corrected chi connectivity index (χ4v) is 2.67. The zero-order valence-electron chi connectivity index (χ0n) is 11.4.